The van der Waals surface area contributed by atoms with Crippen molar-refractivity contribution in [3.05, 3.63) is 58.9 Å². The zero-order chi connectivity index (χ0) is 23.8. The molecule has 0 radical (unpaired) electrons. The van der Waals surface area contributed by atoms with E-state index < -0.39 is 5.60 Å². The minimum absolute atomic E-state index is 0.0546. The van der Waals surface area contributed by atoms with Crippen LogP contribution in [0.25, 0.3) is 0 Å². The first-order valence-electron chi connectivity index (χ1n) is 11.3. The molecule has 0 aromatic heterocycles. The molecular formula is C24H35N7O2. The van der Waals surface area contributed by atoms with Gasteiger partial charge < -0.3 is 42.3 Å². The molecule has 0 aromatic carbocycles. The van der Waals surface area contributed by atoms with E-state index in [2.05, 4.69) is 20.9 Å². The number of fused-ring (bicyclic) bond motifs is 1. The zero-order valence-corrected chi connectivity index (χ0v) is 19.3. The van der Waals surface area contributed by atoms with Gasteiger partial charge >= 0.3 is 0 Å². The number of hydrogen-bond donors (Lipinski definition) is 7. The van der Waals surface area contributed by atoms with Gasteiger partial charge in [-0.2, -0.15) is 0 Å². The van der Waals surface area contributed by atoms with Gasteiger partial charge in [0.25, 0.3) is 0 Å². The van der Waals surface area contributed by atoms with Crippen molar-refractivity contribution in [2.24, 2.45) is 22.6 Å². The number of allylic oxidation sites excluding steroid dienone is 3. The van der Waals surface area contributed by atoms with Crippen LogP contribution in [0, 0.1) is 22.7 Å². The Hall–Kier alpha value is -3.01. The molecule has 1 fully saturated rings. The quantitative estimate of drug-likeness (QED) is 0.197. The lowest BCUT2D eigenvalue weighted by Gasteiger charge is -2.26. The van der Waals surface area contributed by atoms with E-state index in [0.29, 0.717) is 23.9 Å². The molecule has 3 aliphatic heterocycles. The van der Waals surface area contributed by atoms with Crippen LogP contribution < -0.4 is 21.7 Å². The van der Waals surface area contributed by atoms with E-state index in [1.807, 2.05) is 18.4 Å². The Morgan fingerprint density at radius 3 is 2.76 bits per heavy atom. The first kappa shape index (κ1) is 24.6. The highest BCUT2D eigenvalue weighted by atomic mass is 16.5. The number of aliphatic hydroxyl groups is 1. The molecule has 3 rings (SSSR count). The fourth-order valence-electron chi connectivity index (χ4n) is 3.78. The number of nitrogens with two attached hydrogens (primary N) is 1. The van der Waals surface area contributed by atoms with E-state index in [9.17, 15) is 5.11 Å². The third-order valence-corrected chi connectivity index (χ3v) is 5.85. The van der Waals surface area contributed by atoms with E-state index >= 15 is 0 Å². The smallest absolute Gasteiger partial charge is 0.132 e. The fourth-order valence-corrected chi connectivity index (χ4v) is 3.78. The monoisotopic (exact) mass is 453 g/mol. The molecular weight excluding hydrogens is 418 g/mol. The Morgan fingerprint density at radius 2 is 2.09 bits per heavy atom. The van der Waals surface area contributed by atoms with E-state index in [4.69, 9.17) is 21.3 Å². The van der Waals surface area contributed by atoms with E-state index in [0.717, 1.165) is 55.8 Å². The second kappa shape index (κ2) is 11.2. The summed E-state index contributed by atoms with van der Waals surface area (Å²) in [6.45, 7) is 6.48. The van der Waals surface area contributed by atoms with Gasteiger partial charge in [0.2, 0.25) is 0 Å². The lowest BCUT2D eigenvalue weighted by atomic mass is 9.96. The second-order valence-corrected chi connectivity index (χ2v) is 8.93. The standard InChI is InChI=1S/C24H35N7O2/c1-24(2,32)19(12-26)10-22(27)31-23-4-3-20-21(30-23)9-17(15-29-20)18(11-25)14-28-13-16-5-7-33-8-6-16/h3-4,9-12,15-16,18,25-26,28-30,32H,5-8,13-14H2,1-2H3,(H2,27,31). The van der Waals surface area contributed by atoms with Crippen molar-refractivity contribution in [3.63, 3.8) is 0 Å². The van der Waals surface area contributed by atoms with Crippen LogP contribution >= 0.6 is 0 Å². The molecule has 1 saturated heterocycles. The molecule has 9 nitrogen and oxygen atoms in total. The predicted octanol–water partition coefficient (Wildman–Crippen LogP) is 1.67. The number of amidine groups is 1. The molecule has 0 aliphatic carbocycles. The second-order valence-electron chi connectivity index (χ2n) is 8.93. The summed E-state index contributed by atoms with van der Waals surface area (Å²) in [5.41, 5.74) is 7.95. The first-order chi connectivity index (χ1) is 15.8. The van der Waals surface area contributed by atoms with Crippen molar-refractivity contribution in [1.82, 2.24) is 16.0 Å². The summed E-state index contributed by atoms with van der Waals surface area (Å²) in [6.07, 6.45) is 13.8. The molecule has 0 amide bonds. The largest absolute Gasteiger partial charge is 0.386 e. The summed E-state index contributed by atoms with van der Waals surface area (Å²) in [5, 5.41) is 35.5. The van der Waals surface area contributed by atoms with Crippen LogP contribution in [-0.2, 0) is 4.74 Å². The Labute approximate surface area is 195 Å². The summed E-state index contributed by atoms with van der Waals surface area (Å²) in [7, 11) is 0. The topological polar surface area (TPSA) is 152 Å². The molecule has 0 aromatic rings. The molecule has 0 bridgehead atoms. The highest BCUT2D eigenvalue weighted by molar-refractivity contribution is 5.98. The van der Waals surface area contributed by atoms with Gasteiger partial charge in [-0.25, -0.2) is 4.99 Å². The summed E-state index contributed by atoms with van der Waals surface area (Å²) in [6, 6.07) is 0. The van der Waals surface area contributed by atoms with Crippen LogP contribution in [0.1, 0.15) is 26.7 Å². The maximum absolute atomic E-state index is 10.1. The maximum atomic E-state index is 10.1. The minimum atomic E-state index is -1.18. The van der Waals surface area contributed by atoms with Crippen molar-refractivity contribution in [2.75, 3.05) is 26.3 Å². The zero-order valence-electron chi connectivity index (χ0n) is 19.3. The Balaban J connectivity index is 1.63. The van der Waals surface area contributed by atoms with Crippen LogP contribution in [0.3, 0.4) is 0 Å². The lowest BCUT2D eigenvalue weighted by Crippen LogP contribution is -2.33. The number of nitrogens with zero attached hydrogens (tertiary/aromatic N) is 1. The molecule has 0 saturated carbocycles. The minimum Gasteiger partial charge on any atom is -0.386 e. The van der Waals surface area contributed by atoms with E-state index in [1.54, 1.807) is 19.9 Å². The maximum Gasteiger partial charge on any atom is 0.132 e. The Bertz CT molecular complexity index is 929. The molecule has 1 unspecified atom stereocenters. The summed E-state index contributed by atoms with van der Waals surface area (Å²) in [5.74, 6) is 1.30. The van der Waals surface area contributed by atoms with E-state index in [-0.39, 0.29) is 11.8 Å². The highest BCUT2D eigenvalue weighted by Gasteiger charge is 2.21. The fraction of sp³-hybridized carbons (Fsp3) is 0.458. The van der Waals surface area contributed by atoms with Crippen molar-refractivity contribution in [3.8, 4) is 0 Å². The van der Waals surface area contributed by atoms with Crippen LogP contribution in [0.5, 0.6) is 0 Å². The molecule has 8 N–H and O–H groups in total. The molecule has 3 aliphatic rings. The normalized spacial score (nSPS) is 20.8. The average Bonchev–Trinajstić information content (AvgIpc) is 2.80. The van der Waals surface area contributed by atoms with Crippen molar-refractivity contribution < 1.29 is 9.84 Å². The van der Waals surface area contributed by atoms with Crippen LogP contribution in [0.2, 0.25) is 0 Å². The van der Waals surface area contributed by atoms with Gasteiger partial charge in [-0.3, -0.25) is 0 Å². The number of hydrogen-bond acceptors (Lipinski definition) is 8. The van der Waals surface area contributed by atoms with Crippen LogP contribution in [0.4, 0.5) is 0 Å². The van der Waals surface area contributed by atoms with Gasteiger partial charge in [-0.15, -0.1) is 0 Å². The van der Waals surface area contributed by atoms with Crippen LogP contribution in [-0.4, -0.2) is 55.3 Å². The molecule has 33 heavy (non-hydrogen) atoms. The number of rotatable bonds is 10. The van der Waals surface area contributed by atoms with Crippen molar-refractivity contribution >= 4 is 18.3 Å². The summed E-state index contributed by atoms with van der Waals surface area (Å²) in [4.78, 5) is 4.37. The van der Waals surface area contributed by atoms with E-state index in [1.165, 1.54) is 12.3 Å². The van der Waals surface area contributed by atoms with Gasteiger partial charge in [-0.05, 0) is 69.0 Å². The van der Waals surface area contributed by atoms with Crippen LogP contribution in [0.15, 0.2) is 63.9 Å². The van der Waals surface area contributed by atoms with Gasteiger partial charge in [0.15, 0.2) is 0 Å². The summed E-state index contributed by atoms with van der Waals surface area (Å²) < 4.78 is 5.42. The average molecular weight is 454 g/mol. The molecule has 9 heteroatoms. The third-order valence-electron chi connectivity index (χ3n) is 5.85. The van der Waals surface area contributed by atoms with Gasteiger partial charge in [-0.1, -0.05) is 0 Å². The van der Waals surface area contributed by atoms with Gasteiger partial charge in [0, 0.05) is 49.9 Å². The Kier molecular flexibility index (Phi) is 8.37. The first-order valence-corrected chi connectivity index (χ1v) is 11.3. The SMILES string of the molecule is CC(C)(O)C(C=N)=CC(N)=NC1=CC=C2NC=C(C(C=N)CNCC3CCOCC3)C=C2N1. The van der Waals surface area contributed by atoms with Crippen molar-refractivity contribution in [1.29, 1.82) is 10.8 Å². The Morgan fingerprint density at radius 1 is 1.33 bits per heavy atom. The van der Waals surface area contributed by atoms with Gasteiger partial charge in [0.1, 0.15) is 11.7 Å². The van der Waals surface area contributed by atoms with Gasteiger partial charge in [0.05, 0.1) is 17.0 Å². The number of nitrogens with one attached hydrogen (secondary N) is 5. The molecule has 178 valence electrons. The molecule has 1 atom stereocenters. The van der Waals surface area contributed by atoms with Crippen molar-refractivity contribution in [2.45, 2.75) is 32.3 Å². The molecule has 0 spiro atoms. The highest BCUT2D eigenvalue weighted by Crippen LogP contribution is 2.23. The third kappa shape index (κ3) is 6.98. The number of dihydropyridines is 2. The number of ether oxygens (including phenoxy) is 1. The lowest BCUT2D eigenvalue weighted by molar-refractivity contribution is 0.0663. The number of aliphatic imine (C=N–C) groups is 1. The predicted molar refractivity (Wildman–Crippen MR) is 132 cm³/mol. The summed E-state index contributed by atoms with van der Waals surface area (Å²) >= 11 is 0. The molecule has 3 heterocycles.